The quantitative estimate of drug-likeness (QED) is 0.622. The van der Waals surface area contributed by atoms with Crippen molar-refractivity contribution in [1.82, 2.24) is 9.80 Å². The van der Waals surface area contributed by atoms with Gasteiger partial charge in [0.15, 0.2) is 0 Å². The molecule has 4 fully saturated rings. The maximum atomic E-state index is 2.74. The van der Waals surface area contributed by atoms with Crippen LogP contribution in [0.5, 0.6) is 0 Å². The molecule has 5 rings (SSSR count). The van der Waals surface area contributed by atoms with Crippen molar-refractivity contribution in [3.8, 4) is 0 Å². The molecule has 0 bridgehead atoms. The van der Waals surface area contributed by atoms with Gasteiger partial charge >= 0.3 is 0 Å². The average molecular weight is 357 g/mol. The molecule has 1 heterocycles. The first-order chi connectivity index (χ1) is 12.4. The summed E-state index contributed by atoms with van der Waals surface area (Å²) in [4.78, 5) is 5.17. The zero-order valence-corrected chi connectivity index (χ0v) is 17.8. The molecule has 8 atom stereocenters. The van der Waals surface area contributed by atoms with Gasteiger partial charge in [0, 0.05) is 18.6 Å². The third kappa shape index (κ3) is 2.18. The predicted molar refractivity (Wildman–Crippen MR) is 109 cm³/mol. The Hall–Kier alpha value is -0.340. The van der Waals surface area contributed by atoms with Gasteiger partial charge in [0.1, 0.15) is 0 Å². The molecule has 146 valence electrons. The highest BCUT2D eigenvalue weighted by Gasteiger charge is 2.63. The molecule has 0 aromatic carbocycles. The van der Waals surface area contributed by atoms with Crippen LogP contribution in [-0.2, 0) is 0 Å². The molecular weight excluding hydrogens is 316 g/mol. The topological polar surface area (TPSA) is 6.48 Å². The lowest BCUT2D eigenvalue weighted by Gasteiger charge is -2.58. The molecule has 5 aliphatic rings. The van der Waals surface area contributed by atoms with Crippen molar-refractivity contribution in [2.24, 2.45) is 34.5 Å². The van der Waals surface area contributed by atoms with E-state index < -0.39 is 0 Å². The van der Waals surface area contributed by atoms with Crippen molar-refractivity contribution >= 4 is 0 Å². The summed E-state index contributed by atoms with van der Waals surface area (Å²) >= 11 is 0. The van der Waals surface area contributed by atoms with Gasteiger partial charge < -0.3 is 9.80 Å². The highest BCUT2D eigenvalue weighted by molar-refractivity contribution is 5.26. The first kappa shape index (κ1) is 17.7. The molecule has 26 heavy (non-hydrogen) atoms. The van der Waals surface area contributed by atoms with Crippen molar-refractivity contribution < 1.29 is 0 Å². The third-order valence-corrected chi connectivity index (χ3v) is 10.4. The van der Waals surface area contributed by atoms with Crippen molar-refractivity contribution in [3.63, 3.8) is 0 Å². The second-order valence-corrected chi connectivity index (χ2v) is 11.2. The van der Waals surface area contributed by atoms with Gasteiger partial charge in [0.25, 0.3) is 0 Å². The van der Waals surface area contributed by atoms with Gasteiger partial charge in [0.2, 0.25) is 0 Å². The lowest BCUT2D eigenvalue weighted by atomic mass is 9.47. The van der Waals surface area contributed by atoms with Crippen LogP contribution in [-0.4, -0.2) is 49.6 Å². The molecule has 0 aromatic rings. The Labute approximate surface area is 161 Å². The summed E-state index contributed by atoms with van der Waals surface area (Å²) in [5, 5.41) is 0. The Balaban J connectivity index is 1.45. The third-order valence-electron chi connectivity index (χ3n) is 10.4. The number of rotatable bonds is 1. The van der Waals surface area contributed by atoms with E-state index in [4.69, 9.17) is 0 Å². The van der Waals surface area contributed by atoms with E-state index in [-0.39, 0.29) is 0 Å². The zero-order chi connectivity index (χ0) is 18.3. The minimum atomic E-state index is 0.519. The summed E-state index contributed by atoms with van der Waals surface area (Å²) in [5.74, 6) is 3.96. The summed E-state index contributed by atoms with van der Waals surface area (Å²) in [5.41, 5.74) is 3.04. The Morgan fingerprint density at radius 2 is 1.81 bits per heavy atom. The number of fused-ring (bicyclic) bond motifs is 4. The van der Waals surface area contributed by atoms with E-state index in [2.05, 4.69) is 50.9 Å². The average Bonchev–Trinajstić information content (AvgIpc) is 3.08. The SMILES string of the molecule is C[C@H]1[C@@H]2CC[C@@H]3[C@H]4CC=C5C[C@@H](N(C)C)CC[C@]5(C)[C@@H]4CC[C@@]32CN1C. The fourth-order valence-corrected chi connectivity index (χ4v) is 8.88. The van der Waals surface area contributed by atoms with Crippen molar-refractivity contribution in [2.45, 2.75) is 77.3 Å². The first-order valence-corrected chi connectivity index (χ1v) is 11.4. The molecule has 3 saturated carbocycles. The minimum Gasteiger partial charge on any atom is -0.306 e. The van der Waals surface area contributed by atoms with Crippen LogP contribution < -0.4 is 0 Å². The van der Waals surface area contributed by atoms with Crippen molar-refractivity contribution in [2.75, 3.05) is 27.7 Å². The van der Waals surface area contributed by atoms with E-state index in [1.165, 1.54) is 57.9 Å². The molecule has 2 nitrogen and oxygen atoms in total. The second-order valence-electron chi connectivity index (χ2n) is 11.2. The number of nitrogens with zero attached hydrogens (tertiary/aromatic N) is 2. The lowest BCUT2D eigenvalue weighted by molar-refractivity contribution is -0.0430. The standard InChI is InChI=1S/C24H40N2/c1-16-20-8-9-22-19-7-6-17-14-18(25(3)4)10-12-23(17,2)21(19)11-13-24(20,22)15-26(16)5/h6,16,18-22H,7-15H2,1-5H3/t16-,18-,19-,20-,21+,22+,23-,24-/m0/s1. The predicted octanol–water partition coefficient (Wildman–Crippen LogP) is 4.81. The fourth-order valence-electron chi connectivity index (χ4n) is 8.88. The first-order valence-electron chi connectivity index (χ1n) is 11.4. The largest absolute Gasteiger partial charge is 0.306 e. The molecule has 0 unspecified atom stereocenters. The van der Waals surface area contributed by atoms with Crippen LogP contribution in [0.3, 0.4) is 0 Å². The van der Waals surface area contributed by atoms with Crippen LogP contribution in [0, 0.1) is 34.5 Å². The van der Waals surface area contributed by atoms with Gasteiger partial charge in [-0.1, -0.05) is 18.6 Å². The molecular formula is C24H40N2. The number of likely N-dealkylation sites (tertiary alicyclic amines) is 1. The monoisotopic (exact) mass is 356 g/mol. The Morgan fingerprint density at radius 1 is 1.04 bits per heavy atom. The maximum absolute atomic E-state index is 2.74. The van der Waals surface area contributed by atoms with Crippen molar-refractivity contribution in [1.29, 1.82) is 0 Å². The van der Waals surface area contributed by atoms with Gasteiger partial charge in [-0.25, -0.2) is 0 Å². The summed E-state index contributed by atoms with van der Waals surface area (Å²) in [6.45, 7) is 6.56. The normalized spacial score (nSPS) is 53.7. The molecule has 1 spiro atoms. The number of allylic oxidation sites excluding steroid dienone is 1. The van der Waals surface area contributed by atoms with E-state index in [0.29, 0.717) is 10.8 Å². The molecule has 0 amide bonds. The van der Waals surface area contributed by atoms with E-state index in [1.807, 2.05) is 5.57 Å². The van der Waals surface area contributed by atoms with Crippen molar-refractivity contribution in [3.05, 3.63) is 11.6 Å². The van der Waals surface area contributed by atoms with Crippen LogP contribution in [0.4, 0.5) is 0 Å². The van der Waals surface area contributed by atoms with Crippen LogP contribution in [0.1, 0.15) is 65.2 Å². The summed E-state index contributed by atoms with van der Waals surface area (Å²) in [7, 11) is 6.95. The molecule has 2 heteroatoms. The van der Waals surface area contributed by atoms with Gasteiger partial charge in [0.05, 0.1) is 0 Å². The van der Waals surface area contributed by atoms with E-state index >= 15 is 0 Å². The highest BCUT2D eigenvalue weighted by atomic mass is 15.2. The van der Waals surface area contributed by atoms with E-state index in [1.54, 1.807) is 0 Å². The van der Waals surface area contributed by atoms with E-state index in [0.717, 1.165) is 35.8 Å². The minimum absolute atomic E-state index is 0.519. The van der Waals surface area contributed by atoms with Gasteiger partial charge in [-0.05, 0) is 114 Å². The molecule has 0 radical (unpaired) electrons. The number of hydrogen-bond acceptors (Lipinski definition) is 2. The molecule has 0 N–H and O–H groups in total. The Morgan fingerprint density at radius 3 is 2.58 bits per heavy atom. The molecule has 0 aromatic heterocycles. The van der Waals surface area contributed by atoms with Crippen LogP contribution >= 0.6 is 0 Å². The van der Waals surface area contributed by atoms with Gasteiger partial charge in [-0.15, -0.1) is 0 Å². The molecule has 1 aliphatic heterocycles. The smallest absolute Gasteiger partial charge is 0.0127 e. The van der Waals surface area contributed by atoms with E-state index in [9.17, 15) is 0 Å². The zero-order valence-electron chi connectivity index (χ0n) is 17.8. The van der Waals surface area contributed by atoms with Gasteiger partial charge in [-0.3, -0.25) is 0 Å². The highest BCUT2D eigenvalue weighted by Crippen LogP contribution is 2.68. The second kappa shape index (κ2) is 5.83. The lowest BCUT2D eigenvalue weighted by Crippen LogP contribution is -2.52. The molecule has 4 aliphatic carbocycles. The van der Waals surface area contributed by atoms with Crippen LogP contribution in [0.15, 0.2) is 11.6 Å². The summed E-state index contributed by atoms with van der Waals surface area (Å²) in [6, 6.07) is 1.60. The molecule has 1 saturated heterocycles. The number of hydrogen-bond donors (Lipinski definition) is 0. The maximum Gasteiger partial charge on any atom is 0.0127 e. The summed E-state index contributed by atoms with van der Waals surface area (Å²) in [6.07, 6.45) is 14.4. The van der Waals surface area contributed by atoms with Crippen LogP contribution in [0.2, 0.25) is 0 Å². The van der Waals surface area contributed by atoms with Gasteiger partial charge in [-0.2, -0.15) is 0 Å². The Kier molecular flexibility index (Phi) is 3.98. The van der Waals surface area contributed by atoms with Crippen LogP contribution in [0.25, 0.3) is 0 Å². The summed E-state index contributed by atoms with van der Waals surface area (Å²) < 4.78 is 0. The fraction of sp³-hybridized carbons (Fsp3) is 0.917. The Bertz CT molecular complexity index is 609.